The molecular weight excluding hydrogens is 569 g/mol. The fourth-order valence-electron chi connectivity index (χ4n) is 7.78. The summed E-state index contributed by atoms with van der Waals surface area (Å²) in [5.41, 5.74) is 2.84. The summed E-state index contributed by atoms with van der Waals surface area (Å²) in [6.45, 7) is 8.23. The van der Waals surface area contributed by atoms with E-state index in [1.807, 2.05) is 0 Å². The molecule has 0 spiro atoms. The topological polar surface area (TPSA) is 17.8 Å². The van der Waals surface area contributed by atoms with Gasteiger partial charge in [-0.2, -0.15) is 0 Å². The highest BCUT2D eigenvalue weighted by atomic mass is 15.1. The van der Waals surface area contributed by atoms with Crippen molar-refractivity contribution < 1.29 is 0 Å². The molecule has 0 bridgehead atoms. The molecule has 0 radical (unpaired) electrons. The minimum Gasteiger partial charge on any atom is -0.335 e. The van der Waals surface area contributed by atoms with Crippen molar-refractivity contribution >= 4 is 0 Å². The Labute approximate surface area is 291 Å². The van der Waals surface area contributed by atoms with Crippen LogP contribution in [-0.2, 0) is 18.4 Å². The maximum absolute atomic E-state index is 5.13. The number of benzene rings is 2. The van der Waals surface area contributed by atoms with Crippen LogP contribution in [-0.4, -0.2) is 9.55 Å². The number of aromatic nitrogens is 2. The Hall–Kier alpha value is -2.35. The Morgan fingerprint density at radius 3 is 1.51 bits per heavy atom. The van der Waals surface area contributed by atoms with Gasteiger partial charge in [0.15, 0.2) is 0 Å². The van der Waals surface area contributed by atoms with Crippen molar-refractivity contribution in [2.45, 2.75) is 193 Å². The van der Waals surface area contributed by atoms with Gasteiger partial charge < -0.3 is 4.57 Å². The first-order valence-corrected chi connectivity index (χ1v) is 20.3. The van der Waals surface area contributed by atoms with Crippen molar-refractivity contribution in [1.82, 2.24) is 9.55 Å². The monoisotopic (exact) mass is 641 g/mol. The highest BCUT2D eigenvalue weighted by Crippen LogP contribution is 2.44. The standard InChI is InChI=1S/C45H72N2/c1-4-6-8-10-12-13-14-15-16-17-18-19-20-21-23-31-38-47-39-37-46-44(47)43(36-30-22-11-9-7-5-2)45(3,42-34-28-25-29-35-42)40-41-32-26-24-27-33-41/h24-29,32-35,37,39,43H,4-23,30-31,36,38,40H2,1-3H3. The summed E-state index contributed by atoms with van der Waals surface area (Å²) < 4.78 is 2.53. The Balaban J connectivity index is 1.51. The minimum absolute atomic E-state index is 0.0240. The molecule has 0 saturated carbocycles. The predicted octanol–water partition coefficient (Wildman–Crippen LogP) is 14.2. The first-order valence-electron chi connectivity index (χ1n) is 20.3. The van der Waals surface area contributed by atoms with E-state index in [4.69, 9.17) is 4.98 Å². The highest BCUT2D eigenvalue weighted by molar-refractivity contribution is 5.33. The number of hydrogen-bond acceptors (Lipinski definition) is 1. The molecule has 2 heteroatoms. The molecule has 47 heavy (non-hydrogen) atoms. The molecule has 2 aromatic carbocycles. The third kappa shape index (κ3) is 15.2. The van der Waals surface area contributed by atoms with E-state index in [0.717, 1.165) is 13.0 Å². The average Bonchev–Trinajstić information content (AvgIpc) is 3.56. The van der Waals surface area contributed by atoms with E-state index < -0.39 is 0 Å². The molecule has 1 aromatic heterocycles. The summed E-state index contributed by atoms with van der Waals surface area (Å²) in [7, 11) is 0. The third-order valence-corrected chi connectivity index (χ3v) is 10.8. The van der Waals surface area contributed by atoms with Crippen LogP contribution < -0.4 is 0 Å². The van der Waals surface area contributed by atoms with E-state index in [1.54, 1.807) is 0 Å². The first kappa shape index (κ1) is 39.1. The molecule has 2 nitrogen and oxygen atoms in total. The number of hydrogen-bond donors (Lipinski definition) is 0. The van der Waals surface area contributed by atoms with Gasteiger partial charge in [0.1, 0.15) is 5.82 Å². The van der Waals surface area contributed by atoms with Gasteiger partial charge in [-0.05, 0) is 30.4 Å². The largest absolute Gasteiger partial charge is 0.335 e. The van der Waals surface area contributed by atoms with Gasteiger partial charge in [0.25, 0.3) is 0 Å². The van der Waals surface area contributed by atoms with E-state index in [0.29, 0.717) is 5.92 Å². The van der Waals surface area contributed by atoms with Crippen LogP contribution in [0, 0.1) is 0 Å². The van der Waals surface area contributed by atoms with E-state index in [9.17, 15) is 0 Å². The number of nitrogens with zero attached hydrogens (tertiary/aromatic N) is 2. The number of rotatable bonds is 29. The van der Waals surface area contributed by atoms with Crippen LogP contribution >= 0.6 is 0 Å². The van der Waals surface area contributed by atoms with E-state index in [-0.39, 0.29) is 5.41 Å². The molecule has 2 unspecified atom stereocenters. The van der Waals surface area contributed by atoms with Crippen LogP contribution in [0.15, 0.2) is 73.1 Å². The van der Waals surface area contributed by atoms with Gasteiger partial charge in [0, 0.05) is 30.3 Å². The Bertz CT molecular complexity index is 1120. The zero-order chi connectivity index (χ0) is 33.3. The Morgan fingerprint density at radius 1 is 0.553 bits per heavy atom. The molecule has 0 aliphatic rings. The summed E-state index contributed by atoms with van der Waals surface area (Å²) in [6.07, 6.45) is 37.2. The van der Waals surface area contributed by atoms with Crippen molar-refractivity contribution in [3.63, 3.8) is 0 Å². The number of imidazole rings is 1. The van der Waals surface area contributed by atoms with Gasteiger partial charge in [0.2, 0.25) is 0 Å². The highest BCUT2D eigenvalue weighted by Gasteiger charge is 2.39. The fraction of sp³-hybridized carbons (Fsp3) is 0.667. The van der Waals surface area contributed by atoms with Crippen molar-refractivity contribution in [3.8, 4) is 0 Å². The summed E-state index contributed by atoms with van der Waals surface area (Å²) in [6, 6.07) is 22.5. The summed E-state index contributed by atoms with van der Waals surface area (Å²) >= 11 is 0. The van der Waals surface area contributed by atoms with Crippen molar-refractivity contribution in [3.05, 3.63) is 90.0 Å². The third-order valence-electron chi connectivity index (χ3n) is 10.8. The van der Waals surface area contributed by atoms with Crippen LogP contribution in [0.5, 0.6) is 0 Å². The smallest absolute Gasteiger partial charge is 0.112 e. The second kappa shape index (κ2) is 24.7. The second-order valence-corrected chi connectivity index (χ2v) is 14.8. The van der Waals surface area contributed by atoms with Crippen molar-refractivity contribution in [1.29, 1.82) is 0 Å². The molecule has 1 heterocycles. The van der Waals surface area contributed by atoms with E-state index >= 15 is 0 Å². The lowest BCUT2D eigenvalue weighted by Crippen LogP contribution is -2.35. The molecule has 3 rings (SSSR count). The van der Waals surface area contributed by atoms with Crippen LogP contribution in [0.2, 0.25) is 0 Å². The molecule has 2 atom stereocenters. The molecule has 0 saturated heterocycles. The minimum atomic E-state index is -0.0240. The lowest BCUT2D eigenvalue weighted by Gasteiger charge is -2.39. The molecule has 0 aliphatic heterocycles. The predicted molar refractivity (Wildman–Crippen MR) is 206 cm³/mol. The molecule has 3 aromatic rings. The maximum atomic E-state index is 5.13. The summed E-state index contributed by atoms with van der Waals surface area (Å²) in [5, 5.41) is 0. The Morgan fingerprint density at radius 2 is 1.00 bits per heavy atom. The van der Waals surface area contributed by atoms with Crippen LogP contribution in [0.25, 0.3) is 0 Å². The molecule has 0 N–H and O–H groups in total. The van der Waals surface area contributed by atoms with Gasteiger partial charge in [-0.15, -0.1) is 0 Å². The second-order valence-electron chi connectivity index (χ2n) is 14.8. The average molecular weight is 641 g/mol. The van der Waals surface area contributed by atoms with E-state index in [2.05, 4.69) is 98.4 Å². The Kier molecular flexibility index (Phi) is 20.6. The van der Waals surface area contributed by atoms with Crippen LogP contribution in [0.4, 0.5) is 0 Å². The van der Waals surface area contributed by atoms with E-state index in [1.165, 1.54) is 165 Å². The van der Waals surface area contributed by atoms with Crippen LogP contribution in [0.1, 0.15) is 191 Å². The SMILES string of the molecule is CCCCCCCCCCCCCCCCCCn1ccnc1C(CCCCCCCC)C(C)(Cc1ccccc1)c1ccccc1. The van der Waals surface area contributed by atoms with Gasteiger partial charge >= 0.3 is 0 Å². The first-order chi connectivity index (χ1) is 23.2. The van der Waals surface area contributed by atoms with Gasteiger partial charge in [-0.3, -0.25) is 0 Å². The van der Waals surface area contributed by atoms with Crippen molar-refractivity contribution in [2.75, 3.05) is 0 Å². The molecule has 0 amide bonds. The molecule has 262 valence electrons. The zero-order valence-electron chi connectivity index (χ0n) is 31.1. The normalized spacial score (nSPS) is 13.5. The van der Waals surface area contributed by atoms with Gasteiger partial charge in [0.05, 0.1) is 0 Å². The molecule has 0 aliphatic carbocycles. The lowest BCUT2D eigenvalue weighted by molar-refractivity contribution is 0.321. The van der Waals surface area contributed by atoms with Gasteiger partial charge in [-0.1, -0.05) is 216 Å². The van der Waals surface area contributed by atoms with Crippen LogP contribution in [0.3, 0.4) is 0 Å². The van der Waals surface area contributed by atoms with Crippen molar-refractivity contribution in [2.24, 2.45) is 0 Å². The number of unbranched alkanes of at least 4 members (excludes halogenated alkanes) is 20. The molecule has 0 fully saturated rings. The summed E-state index contributed by atoms with van der Waals surface area (Å²) in [5.74, 6) is 1.69. The molecular formula is C45H72N2. The van der Waals surface area contributed by atoms with Gasteiger partial charge in [-0.25, -0.2) is 4.98 Å². The maximum Gasteiger partial charge on any atom is 0.112 e. The zero-order valence-corrected chi connectivity index (χ0v) is 31.1. The lowest BCUT2D eigenvalue weighted by atomic mass is 9.66. The summed E-state index contributed by atoms with van der Waals surface area (Å²) in [4.78, 5) is 5.13. The number of aryl methyl sites for hydroxylation is 1. The quantitative estimate of drug-likeness (QED) is 0.0690. The fourth-order valence-corrected chi connectivity index (χ4v) is 7.78.